The second kappa shape index (κ2) is 5.65. The molecule has 0 saturated carbocycles. The molecule has 94 valence electrons. The standard InChI is InChI=1S/C14H17N3O/c1-2-11-3-5-12(6-4-11)14(18)17-8-7-16-10-13(17)9-15/h3-6,13,16H,2,7-8,10H2,1H3. The van der Waals surface area contributed by atoms with Crippen LogP contribution in [0.1, 0.15) is 22.8 Å². The molecule has 0 aromatic heterocycles. The number of benzene rings is 1. The van der Waals surface area contributed by atoms with Gasteiger partial charge in [0.2, 0.25) is 0 Å². The third kappa shape index (κ3) is 2.52. The summed E-state index contributed by atoms with van der Waals surface area (Å²) in [6, 6.07) is 9.43. The largest absolute Gasteiger partial charge is 0.320 e. The van der Waals surface area contributed by atoms with Crippen LogP contribution in [0.3, 0.4) is 0 Å². The molecule has 0 spiro atoms. The van der Waals surface area contributed by atoms with Crippen molar-refractivity contribution in [3.63, 3.8) is 0 Å². The van der Waals surface area contributed by atoms with Gasteiger partial charge >= 0.3 is 0 Å². The number of nitrogens with zero attached hydrogens (tertiary/aromatic N) is 2. The van der Waals surface area contributed by atoms with Crippen LogP contribution < -0.4 is 5.32 Å². The zero-order chi connectivity index (χ0) is 13.0. The van der Waals surface area contributed by atoms with E-state index < -0.39 is 0 Å². The van der Waals surface area contributed by atoms with E-state index in [-0.39, 0.29) is 11.9 Å². The molecule has 1 amide bonds. The zero-order valence-electron chi connectivity index (χ0n) is 10.5. The molecular formula is C14H17N3O. The summed E-state index contributed by atoms with van der Waals surface area (Å²) in [6.07, 6.45) is 0.961. The summed E-state index contributed by atoms with van der Waals surface area (Å²) in [5.74, 6) is -0.0503. The molecule has 1 aromatic carbocycles. The predicted molar refractivity (Wildman–Crippen MR) is 69.1 cm³/mol. The third-order valence-electron chi connectivity index (χ3n) is 3.26. The molecule has 1 aliphatic heterocycles. The Morgan fingerprint density at radius 2 is 2.22 bits per heavy atom. The summed E-state index contributed by atoms with van der Waals surface area (Å²) in [6.45, 7) is 3.97. The number of piperazine rings is 1. The van der Waals surface area contributed by atoms with Gasteiger partial charge in [-0.2, -0.15) is 5.26 Å². The fourth-order valence-corrected chi connectivity index (χ4v) is 2.11. The summed E-state index contributed by atoms with van der Waals surface area (Å²) in [5, 5.41) is 12.2. The molecule has 1 aliphatic rings. The van der Waals surface area contributed by atoms with Crippen molar-refractivity contribution >= 4 is 5.91 Å². The van der Waals surface area contributed by atoms with E-state index in [4.69, 9.17) is 5.26 Å². The number of carbonyl (C=O) groups is 1. The molecule has 4 heteroatoms. The van der Waals surface area contributed by atoms with Crippen molar-refractivity contribution in [1.82, 2.24) is 10.2 Å². The van der Waals surface area contributed by atoms with E-state index in [1.807, 2.05) is 24.3 Å². The van der Waals surface area contributed by atoms with Crippen molar-refractivity contribution in [2.75, 3.05) is 19.6 Å². The van der Waals surface area contributed by atoms with Crippen LogP contribution in [0.4, 0.5) is 0 Å². The van der Waals surface area contributed by atoms with Crippen LogP contribution in [0, 0.1) is 11.3 Å². The van der Waals surface area contributed by atoms with Crippen molar-refractivity contribution in [3.8, 4) is 6.07 Å². The second-order valence-corrected chi connectivity index (χ2v) is 4.40. The van der Waals surface area contributed by atoms with Gasteiger partial charge in [-0.15, -0.1) is 0 Å². The van der Waals surface area contributed by atoms with Crippen LogP contribution in [-0.4, -0.2) is 36.5 Å². The van der Waals surface area contributed by atoms with Gasteiger partial charge in [0.25, 0.3) is 5.91 Å². The highest BCUT2D eigenvalue weighted by atomic mass is 16.2. The molecule has 0 radical (unpaired) electrons. The molecule has 1 saturated heterocycles. The molecule has 0 bridgehead atoms. The number of hydrogen-bond acceptors (Lipinski definition) is 3. The number of aryl methyl sites for hydroxylation is 1. The lowest BCUT2D eigenvalue weighted by molar-refractivity contribution is 0.0687. The number of hydrogen-bond donors (Lipinski definition) is 1. The smallest absolute Gasteiger partial charge is 0.255 e. The van der Waals surface area contributed by atoms with Crippen molar-refractivity contribution < 1.29 is 4.79 Å². The van der Waals surface area contributed by atoms with Gasteiger partial charge in [-0.3, -0.25) is 4.79 Å². The van der Waals surface area contributed by atoms with Gasteiger partial charge in [0.05, 0.1) is 6.07 Å². The first-order valence-corrected chi connectivity index (χ1v) is 6.26. The summed E-state index contributed by atoms with van der Waals surface area (Å²) >= 11 is 0. The molecule has 0 aliphatic carbocycles. The Labute approximate surface area is 107 Å². The Balaban J connectivity index is 2.16. The molecule has 2 rings (SSSR count). The molecule has 1 N–H and O–H groups in total. The summed E-state index contributed by atoms with van der Waals surface area (Å²) in [5.41, 5.74) is 1.87. The van der Waals surface area contributed by atoms with Crippen LogP contribution in [0.25, 0.3) is 0 Å². The average Bonchev–Trinajstić information content (AvgIpc) is 2.46. The van der Waals surface area contributed by atoms with Crippen LogP contribution in [-0.2, 0) is 6.42 Å². The maximum atomic E-state index is 12.3. The van der Waals surface area contributed by atoms with Crippen molar-refractivity contribution in [3.05, 3.63) is 35.4 Å². The molecule has 4 nitrogen and oxygen atoms in total. The quantitative estimate of drug-likeness (QED) is 0.848. The highest BCUT2D eigenvalue weighted by Gasteiger charge is 2.26. The lowest BCUT2D eigenvalue weighted by Gasteiger charge is -2.32. The SMILES string of the molecule is CCc1ccc(C(=O)N2CCNCC2C#N)cc1. The second-order valence-electron chi connectivity index (χ2n) is 4.40. The molecule has 1 aromatic rings. The van der Waals surface area contributed by atoms with Gasteiger partial charge in [-0.05, 0) is 24.1 Å². The van der Waals surface area contributed by atoms with E-state index >= 15 is 0 Å². The fraction of sp³-hybridized carbons (Fsp3) is 0.429. The molecule has 1 atom stereocenters. The van der Waals surface area contributed by atoms with Gasteiger partial charge in [0, 0.05) is 25.2 Å². The first-order valence-electron chi connectivity index (χ1n) is 6.26. The molecular weight excluding hydrogens is 226 g/mol. The number of rotatable bonds is 2. The van der Waals surface area contributed by atoms with Gasteiger partial charge in [0.1, 0.15) is 6.04 Å². The van der Waals surface area contributed by atoms with Crippen molar-refractivity contribution in [2.24, 2.45) is 0 Å². The Morgan fingerprint density at radius 1 is 1.50 bits per heavy atom. The zero-order valence-corrected chi connectivity index (χ0v) is 10.5. The Morgan fingerprint density at radius 3 is 2.83 bits per heavy atom. The highest BCUT2D eigenvalue weighted by molar-refractivity contribution is 5.94. The van der Waals surface area contributed by atoms with Crippen LogP contribution in [0.15, 0.2) is 24.3 Å². The van der Waals surface area contributed by atoms with Gasteiger partial charge in [-0.25, -0.2) is 0 Å². The number of nitriles is 1. The lowest BCUT2D eigenvalue weighted by atomic mass is 10.1. The topological polar surface area (TPSA) is 56.1 Å². The number of nitrogens with one attached hydrogen (secondary N) is 1. The summed E-state index contributed by atoms with van der Waals surface area (Å²) < 4.78 is 0. The summed E-state index contributed by atoms with van der Waals surface area (Å²) in [7, 11) is 0. The van der Waals surface area contributed by atoms with Crippen LogP contribution >= 0.6 is 0 Å². The molecule has 1 fully saturated rings. The third-order valence-corrected chi connectivity index (χ3v) is 3.26. The van der Waals surface area contributed by atoms with E-state index in [0.29, 0.717) is 18.7 Å². The normalized spacial score (nSPS) is 19.3. The molecule has 1 heterocycles. The molecule has 1 unspecified atom stereocenters. The Hall–Kier alpha value is -1.86. The van der Waals surface area contributed by atoms with Crippen LogP contribution in [0.2, 0.25) is 0 Å². The molecule has 18 heavy (non-hydrogen) atoms. The minimum Gasteiger partial charge on any atom is -0.320 e. The Kier molecular flexibility index (Phi) is 3.96. The highest BCUT2D eigenvalue weighted by Crippen LogP contribution is 2.12. The van der Waals surface area contributed by atoms with Gasteiger partial charge in [0.15, 0.2) is 0 Å². The number of carbonyl (C=O) groups excluding carboxylic acids is 1. The number of amides is 1. The minimum atomic E-state index is -0.364. The van der Waals surface area contributed by atoms with Crippen molar-refractivity contribution in [1.29, 1.82) is 5.26 Å². The van der Waals surface area contributed by atoms with E-state index in [0.717, 1.165) is 13.0 Å². The lowest BCUT2D eigenvalue weighted by Crippen LogP contribution is -2.53. The minimum absolute atomic E-state index is 0.0503. The van der Waals surface area contributed by atoms with E-state index in [1.165, 1.54) is 5.56 Å². The monoisotopic (exact) mass is 243 g/mol. The van der Waals surface area contributed by atoms with E-state index in [9.17, 15) is 4.79 Å². The fourth-order valence-electron chi connectivity index (χ4n) is 2.11. The summed E-state index contributed by atoms with van der Waals surface area (Å²) in [4.78, 5) is 14.0. The maximum absolute atomic E-state index is 12.3. The first kappa shape index (κ1) is 12.6. The predicted octanol–water partition coefficient (Wildman–Crippen LogP) is 1.19. The maximum Gasteiger partial charge on any atom is 0.255 e. The van der Waals surface area contributed by atoms with Crippen LogP contribution in [0.5, 0.6) is 0 Å². The average molecular weight is 243 g/mol. The first-order chi connectivity index (χ1) is 8.76. The van der Waals surface area contributed by atoms with E-state index in [2.05, 4.69) is 18.3 Å². The Bertz CT molecular complexity index is 461. The van der Waals surface area contributed by atoms with E-state index in [1.54, 1.807) is 4.90 Å². The van der Waals surface area contributed by atoms with Crippen molar-refractivity contribution in [2.45, 2.75) is 19.4 Å². The van der Waals surface area contributed by atoms with Gasteiger partial charge in [-0.1, -0.05) is 19.1 Å². The van der Waals surface area contributed by atoms with Gasteiger partial charge < -0.3 is 10.2 Å².